The Hall–Kier alpha value is -0.880. The number of carbonyl (C=O) groups is 1. The van der Waals surface area contributed by atoms with Crippen molar-refractivity contribution in [3.05, 3.63) is 33.5 Å². The van der Waals surface area contributed by atoms with E-state index in [1.54, 1.807) is 4.57 Å². The van der Waals surface area contributed by atoms with E-state index in [1.165, 1.54) is 6.92 Å². The number of carbonyl (C=O) groups excluding carboxylic acids is 1. The molecule has 1 aromatic carbocycles. The molecule has 78 valence electrons. The van der Waals surface area contributed by atoms with Crippen LogP contribution in [0.25, 0.3) is 10.9 Å². The minimum absolute atomic E-state index is 0.0711. The molecule has 0 spiro atoms. The predicted octanol–water partition coefficient (Wildman–Crippen LogP) is 2.40. The van der Waals surface area contributed by atoms with E-state index in [4.69, 9.17) is 0 Å². The summed E-state index contributed by atoms with van der Waals surface area (Å²) in [7, 11) is 0. The van der Waals surface area contributed by atoms with Crippen LogP contribution in [0.1, 0.15) is 17.4 Å². The molecule has 2 aromatic rings. The van der Waals surface area contributed by atoms with E-state index < -0.39 is 0 Å². The fraction of sp³-hybridized carbons (Fsp3) is 0.182. The van der Waals surface area contributed by atoms with Gasteiger partial charge in [-0.1, -0.05) is 18.2 Å². The molecule has 15 heavy (non-hydrogen) atoms. The lowest BCUT2D eigenvalue weighted by Gasteiger charge is -2.03. The van der Waals surface area contributed by atoms with Gasteiger partial charge in [0.25, 0.3) is 0 Å². The fourth-order valence-corrected chi connectivity index (χ4v) is 2.62. The molecule has 1 aromatic heterocycles. The molecule has 1 N–H and O–H groups in total. The molecular formula is C11H10INO2. The third kappa shape index (κ3) is 1.57. The van der Waals surface area contributed by atoms with Gasteiger partial charge >= 0.3 is 0 Å². The van der Waals surface area contributed by atoms with E-state index in [2.05, 4.69) is 22.6 Å². The Morgan fingerprint density at radius 1 is 1.47 bits per heavy atom. The molecule has 4 heteroatoms. The number of aliphatic hydroxyl groups excluding tert-OH is 1. The van der Waals surface area contributed by atoms with Gasteiger partial charge in [0, 0.05) is 15.9 Å². The van der Waals surface area contributed by atoms with Crippen LogP contribution in [-0.2, 0) is 6.61 Å². The molecule has 0 aliphatic rings. The minimum atomic E-state index is -0.119. The number of nitrogens with zero attached hydrogens (tertiary/aromatic N) is 1. The highest BCUT2D eigenvalue weighted by Gasteiger charge is 2.16. The van der Waals surface area contributed by atoms with E-state index in [9.17, 15) is 9.90 Å². The molecule has 0 bridgehead atoms. The summed E-state index contributed by atoms with van der Waals surface area (Å²) in [6.45, 7) is 1.38. The highest BCUT2D eigenvalue weighted by atomic mass is 127. The van der Waals surface area contributed by atoms with Crippen molar-refractivity contribution in [1.29, 1.82) is 0 Å². The Morgan fingerprint density at radius 2 is 2.13 bits per heavy atom. The van der Waals surface area contributed by atoms with Crippen LogP contribution in [0.3, 0.4) is 0 Å². The average Bonchev–Trinajstić information content (AvgIpc) is 2.52. The summed E-state index contributed by atoms with van der Waals surface area (Å²) >= 11 is 2.16. The molecule has 0 radical (unpaired) electrons. The number of aromatic nitrogens is 1. The lowest BCUT2D eigenvalue weighted by molar-refractivity contribution is 0.0932. The van der Waals surface area contributed by atoms with Crippen LogP contribution in [0.15, 0.2) is 24.3 Å². The van der Waals surface area contributed by atoms with Gasteiger partial charge in [-0.05, 0) is 28.7 Å². The summed E-state index contributed by atoms with van der Waals surface area (Å²) in [5, 5.41) is 10.3. The second-order valence-electron chi connectivity index (χ2n) is 3.29. The van der Waals surface area contributed by atoms with Gasteiger partial charge in [0.05, 0.1) is 17.8 Å². The van der Waals surface area contributed by atoms with E-state index in [0.29, 0.717) is 5.69 Å². The van der Waals surface area contributed by atoms with Gasteiger partial charge < -0.3 is 5.11 Å². The highest BCUT2D eigenvalue weighted by Crippen LogP contribution is 2.27. The second kappa shape index (κ2) is 3.94. The number of hydrogen-bond acceptors (Lipinski definition) is 2. The number of fused-ring (bicyclic) bond motifs is 1. The molecule has 0 unspecified atom stereocenters. The SMILES string of the molecule is CC(=O)n1c(CO)c(I)c2ccccc21. The largest absolute Gasteiger partial charge is 0.390 e. The van der Waals surface area contributed by atoms with Crippen molar-refractivity contribution in [3.8, 4) is 0 Å². The quantitative estimate of drug-likeness (QED) is 0.821. The van der Waals surface area contributed by atoms with Gasteiger partial charge in [-0.25, -0.2) is 0 Å². The second-order valence-corrected chi connectivity index (χ2v) is 4.37. The molecule has 0 atom stereocenters. The number of rotatable bonds is 1. The maximum atomic E-state index is 11.5. The van der Waals surface area contributed by atoms with Crippen molar-refractivity contribution in [3.63, 3.8) is 0 Å². The molecule has 0 amide bonds. The van der Waals surface area contributed by atoms with Gasteiger partial charge in [-0.15, -0.1) is 0 Å². The Balaban J connectivity index is 2.91. The first-order chi connectivity index (χ1) is 7.16. The topological polar surface area (TPSA) is 42.2 Å². The van der Waals surface area contributed by atoms with E-state index in [-0.39, 0.29) is 12.5 Å². The van der Waals surface area contributed by atoms with Crippen molar-refractivity contribution in [1.82, 2.24) is 4.57 Å². The number of aliphatic hydroxyl groups is 1. The number of benzene rings is 1. The zero-order valence-electron chi connectivity index (χ0n) is 8.20. The summed E-state index contributed by atoms with van der Waals surface area (Å²) in [6, 6.07) is 7.66. The van der Waals surface area contributed by atoms with E-state index in [1.807, 2.05) is 24.3 Å². The summed E-state index contributed by atoms with van der Waals surface area (Å²) in [5.41, 5.74) is 1.53. The first-order valence-electron chi connectivity index (χ1n) is 4.56. The standard InChI is InChI=1S/C11H10INO2/c1-7(15)13-9-5-3-2-4-8(9)11(12)10(13)6-14/h2-5,14H,6H2,1H3. The average molecular weight is 315 g/mol. The third-order valence-corrected chi connectivity index (χ3v) is 3.57. The predicted molar refractivity (Wildman–Crippen MR) is 66.9 cm³/mol. The van der Waals surface area contributed by atoms with Gasteiger partial charge in [0.2, 0.25) is 5.91 Å². The first-order valence-corrected chi connectivity index (χ1v) is 5.64. The maximum absolute atomic E-state index is 11.5. The van der Waals surface area contributed by atoms with Crippen LogP contribution >= 0.6 is 22.6 Å². The fourth-order valence-electron chi connectivity index (χ4n) is 1.75. The lowest BCUT2D eigenvalue weighted by Crippen LogP contribution is -2.09. The Kier molecular flexibility index (Phi) is 2.79. The summed E-state index contributed by atoms with van der Waals surface area (Å²) in [4.78, 5) is 11.5. The van der Waals surface area contributed by atoms with Crippen LogP contribution in [0, 0.1) is 3.57 Å². The zero-order valence-corrected chi connectivity index (χ0v) is 10.4. The van der Waals surface area contributed by atoms with Crippen LogP contribution in [0.4, 0.5) is 0 Å². The number of halogens is 1. The van der Waals surface area contributed by atoms with E-state index >= 15 is 0 Å². The van der Waals surface area contributed by atoms with Crippen LogP contribution in [0.5, 0.6) is 0 Å². The van der Waals surface area contributed by atoms with Crippen molar-refractivity contribution < 1.29 is 9.90 Å². The first kappa shape index (κ1) is 10.6. The molecule has 0 aliphatic carbocycles. The monoisotopic (exact) mass is 315 g/mol. The summed E-state index contributed by atoms with van der Waals surface area (Å²) in [6.07, 6.45) is 0. The van der Waals surface area contributed by atoms with E-state index in [0.717, 1.165) is 14.5 Å². The molecular weight excluding hydrogens is 305 g/mol. The van der Waals surface area contributed by atoms with Gasteiger partial charge in [0.1, 0.15) is 0 Å². The Labute approximate surface area is 101 Å². The number of para-hydroxylation sites is 1. The van der Waals surface area contributed by atoms with Crippen LogP contribution in [0.2, 0.25) is 0 Å². The lowest BCUT2D eigenvalue weighted by atomic mass is 10.2. The Bertz CT molecular complexity index is 531. The molecule has 3 nitrogen and oxygen atoms in total. The normalized spacial score (nSPS) is 10.9. The van der Waals surface area contributed by atoms with Gasteiger partial charge in [-0.3, -0.25) is 9.36 Å². The smallest absolute Gasteiger partial charge is 0.228 e. The van der Waals surface area contributed by atoms with Crippen molar-refractivity contribution in [2.75, 3.05) is 0 Å². The summed E-state index contributed by atoms with van der Waals surface area (Å²) < 4.78 is 2.51. The minimum Gasteiger partial charge on any atom is -0.390 e. The molecule has 0 fully saturated rings. The van der Waals surface area contributed by atoms with Gasteiger partial charge in [-0.2, -0.15) is 0 Å². The maximum Gasteiger partial charge on any atom is 0.228 e. The van der Waals surface area contributed by atoms with Gasteiger partial charge in [0.15, 0.2) is 0 Å². The van der Waals surface area contributed by atoms with Crippen molar-refractivity contribution in [2.24, 2.45) is 0 Å². The molecule has 1 heterocycles. The molecule has 0 saturated carbocycles. The third-order valence-electron chi connectivity index (χ3n) is 2.37. The number of hydrogen-bond donors (Lipinski definition) is 1. The highest BCUT2D eigenvalue weighted by molar-refractivity contribution is 14.1. The van der Waals surface area contributed by atoms with Crippen molar-refractivity contribution >= 4 is 39.4 Å². The molecule has 0 aliphatic heterocycles. The van der Waals surface area contributed by atoms with Crippen molar-refractivity contribution in [2.45, 2.75) is 13.5 Å². The van der Waals surface area contributed by atoms with Crippen LogP contribution < -0.4 is 0 Å². The Morgan fingerprint density at radius 3 is 2.73 bits per heavy atom. The van der Waals surface area contributed by atoms with Crippen LogP contribution in [-0.4, -0.2) is 15.6 Å². The molecule has 0 saturated heterocycles. The summed E-state index contributed by atoms with van der Waals surface area (Å²) in [5.74, 6) is -0.0711. The molecule has 2 rings (SSSR count). The zero-order chi connectivity index (χ0) is 11.0.